The van der Waals surface area contributed by atoms with Crippen molar-refractivity contribution in [2.24, 2.45) is 0 Å². The van der Waals surface area contributed by atoms with Crippen molar-refractivity contribution in [3.63, 3.8) is 0 Å². The van der Waals surface area contributed by atoms with E-state index in [-0.39, 0.29) is 5.82 Å². The summed E-state index contributed by atoms with van der Waals surface area (Å²) >= 11 is 1.52. The maximum absolute atomic E-state index is 13.7. The molecule has 1 aliphatic heterocycles. The molecule has 0 unspecified atom stereocenters. The van der Waals surface area contributed by atoms with Crippen LogP contribution in [0.5, 0.6) is 5.75 Å². The van der Waals surface area contributed by atoms with Crippen LogP contribution in [0.3, 0.4) is 0 Å². The third-order valence-corrected chi connectivity index (χ3v) is 5.85. The van der Waals surface area contributed by atoms with Gasteiger partial charge in [0, 0.05) is 24.4 Å². The number of furan rings is 1. The summed E-state index contributed by atoms with van der Waals surface area (Å²) in [4.78, 5) is 2.28. The van der Waals surface area contributed by atoms with Crippen molar-refractivity contribution in [3.8, 4) is 5.75 Å². The highest BCUT2D eigenvalue weighted by atomic mass is 32.2. The fraction of sp³-hybridized carbons (Fsp3) is 0.400. The van der Waals surface area contributed by atoms with Gasteiger partial charge in [0.05, 0.1) is 19.9 Å². The Morgan fingerprint density at radius 2 is 2.04 bits per heavy atom. The Morgan fingerprint density at radius 3 is 2.79 bits per heavy atom. The van der Waals surface area contributed by atoms with Crippen LogP contribution in [-0.4, -0.2) is 35.0 Å². The summed E-state index contributed by atoms with van der Waals surface area (Å²) in [5.41, 5.74) is 0.791. The molecule has 4 rings (SSSR count). The van der Waals surface area contributed by atoms with Crippen molar-refractivity contribution in [3.05, 3.63) is 53.7 Å². The average molecular weight is 402 g/mol. The van der Waals surface area contributed by atoms with Gasteiger partial charge in [-0.2, -0.15) is 0 Å². The molecule has 3 aromatic rings. The number of rotatable bonds is 7. The molecule has 1 saturated heterocycles. The number of aromatic nitrogens is 3. The van der Waals surface area contributed by atoms with Crippen LogP contribution in [0.15, 0.2) is 46.2 Å². The minimum Gasteiger partial charge on any atom is -0.496 e. The smallest absolute Gasteiger partial charge is 0.228 e. The number of benzene rings is 1. The molecule has 0 aliphatic carbocycles. The Balaban J connectivity index is 1.59. The van der Waals surface area contributed by atoms with Crippen molar-refractivity contribution < 1.29 is 13.5 Å². The van der Waals surface area contributed by atoms with Crippen LogP contribution in [0.4, 0.5) is 10.3 Å². The monoisotopic (exact) mass is 402 g/mol. The molecule has 28 heavy (non-hydrogen) atoms. The molecule has 0 spiro atoms. The second kappa shape index (κ2) is 8.68. The van der Waals surface area contributed by atoms with Gasteiger partial charge in [0.25, 0.3) is 0 Å². The van der Waals surface area contributed by atoms with E-state index in [4.69, 9.17) is 9.15 Å². The van der Waals surface area contributed by atoms with Crippen LogP contribution in [0.2, 0.25) is 0 Å². The predicted octanol–water partition coefficient (Wildman–Crippen LogP) is 4.35. The fourth-order valence-corrected chi connectivity index (χ4v) is 4.33. The van der Waals surface area contributed by atoms with E-state index in [1.165, 1.54) is 30.3 Å². The third kappa shape index (κ3) is 4.16. The first-order valence-electron chi connectivity index (χ1n) is 9.40. The van der Waals surface area contributed by atoms with E-state index in [0.717, 1.165) is 48.4 Å². The second-order valence-electron chi connectivity index (χ2n) is 6.74. The lowest BCUT2D eigenvalue weighted by molar-refractivity contribution is 0.410. The number of nitrogens with zero attached hydrogens (tertiary/aromatic N) is 4. The second-order valence-corrected chi connectivity index (χ2v) is 7.68. The SMILES string of the molecule is COc1ccc(F)cc1CSc1nnc(N2CCCCC2)n1Cc1ccco1. The van der Waals surface area contributed by atoms with Gasteiger partial charge in [0.15, 0.2) is 5.16 Å². The molecule has 1 aliphatic rings. The molecule has 6 nitrogen and oxygen atoms in total. The number of thioether (sulfide) groups is 1. The lowest BCUT2D eigenvalue weighted by atomic mass is 10.1. The summed E-state index contributed by atoms with van der Waals surface area (Å²) in [5.74, 6) is 2.65. The Hall–Kier alpha value is -2.48. The Kier molecular flexibility index (Phi) is 5.85. The van der Waals surface area contributed by atoms with Gasteiger partial charge in [-0.3, -0.25) is 4.57 Å². The summed E-state index contributed by atoms with van der Waals surface area (Å²) < 4.78 is 26.7. The molecule has 0 radical (unpaired) electrons. The Morgan fingerprint density at radius 1 is 1.18 bits per heavy atom. The lowest BCUT2D eigenvalue weighted by Gasteiger charge is -2.27. The molecule has 0 saturated carbocycles. The molecule has 1 fully saturated rings. The van der Waals surface area contributed by atoms with Crippen LogP contribution >= 0.6 is 11.8 Å². The predicted molar refractivity (Wildman–Crippen MR) is 106 cm³/mol. The Bertz CT molecular complexity index is 907. The highest BCUT2D eigenvalue weighted by Gasteiger charge is 2.21. The van der Waals surface area contributed by atoms with Crippen LogP contribution in [0.1, 0.15) is 30.6 Å². The molecular weight excluding hydrogens is 379 g/mol. The Labute approximate surface area is 167 Å². The summed E-state index contributed by atoms with van der Waals surface area (Å²) in [5, 5.41) is 9.67. The van der Waals surface area contributed by atoms with Gasteiger partial charge in [-0.1, -0.05) is 11.8 Å². The molecule has 1 aromatic carbocycles. The van der Waals surface area contributed by atoms with Crippen LogP contribution in [0, 0.1) is 5.82 Å². The van der Waals surface area contributed by atoms with Crippen LogP contribution < -0.4 is 9.64 Å². The van der Waals surface area contributed by atoms with Gasteiger partial charge in [0.1, 0.15) is 17.3 Å². The number of piperidine rings is 1. The minimum atomic E-state index is -0.276. The zero-order chi connectivity index (χ0) is 19.3. The van der Waals surface area contributed by atoms with Gasteiger partial charge in [-0.05, 0) is 49.6 Å². The van der Waals surface area contributed by atoms with Crippen molar-refractivity contribution in [2.45, 2.75) is 36.7 Å². The topological polar surface area (TPSA) is 56.3 Å². The maximum atomic E-state index is 13.7. The van der Waals surface area contributed by atoms with E-state index in [1.54, 1.807) is 19.4 Å². The van der Waals surface area contributed by atoms with E-state index < -0.39 is 0 Å². The van der Waals surface area contributed by atoms with E-state index in [2.05, 4.69) is 19.7 Å². The van der Waals surface area contributed by atoms with Crippen molar-refractivity contribution >= 4 is 17.7 Å². The standard InChI is InChI=1S/C20H23FN4O2S/c1-26-18-8-7-16(21)12-15(18)14-28-20-23-22-19(24-9-3-2-4-10-24)25(20)13-17-6-5-11-27-17/h5-8,11-12H,2-4,9-10,13-14H2,1H3. The summed E-state index contributed by atoms with van der Waals surface area (Å²) in [7, 11) is 1.59. The number of hydrogen-bond donors (Lipinski definition) is 0. The summed E-state index contributed by atoms with van der Waals surface area (Å²) in [6.07, 6.45) is 5.25. The third-order valence-electron chi connectivity index (χ3n) is 4.83. The number of ether oxygens (including phenoxy) is 1. The maximum Gasteiger partial charge on any atom is 0.228 e. The molecule has 0 N–H and O–H groups in total. The van der Waals surface area contributed by atoms with Gasteiger partial charge in [0.2, 0.25) is 5.95 Å². The zero-order valence-corrected chi connectivity index (χ0v) is 16.6. The molecular formula is C20H23FN4O2S. The lowest BCUT2D eigenvalue weighted by Crippen LogP contribution is -2.32. The minimum absolute atomic E-state index is 0.276. The van der Waals surface area contributed by atoms with E-state index >= 15 is 0 Å². The molecule has 8 heteroatoms. The quantitative estimate of drug-likeness (QED) is 0.548. The van der Waals surface area contributed by atoms with Gasteiger partial charge < -0.3 is 14.1 Å². The molecule has 0 bridgehead atoms. The summed E-state index contributed by atoms with van der Waals surface area (Å²) in [6.45, 7) is 2.53. The molecule has 0 amide bonds. The van der Waals surface area contributed by atoms with E-state index in [1.807, 2.05) is 12.1 Å². The van der Waals surface area contributed by atoms with Crippen LogP contribution in [-0.2, 0) is 12.3 Å². The number of anilines is 1. The van der Waals surface area contributed by atoms with Crippen LogP contribution in [0.25, 0.3) is 0 Å². The van der Waals surface area contributed by atoms with Crippen molar-refractivity contribution in [1.29, 1.82) is 0 Å². The van der Waals surface area contributed by atoms with Gasteiger partial charge in [-0.25, -0.2) is 4.39 Å². The molecule has 3 heterocycles. The van der Waals surface area contributed by atoms with E-state index in [0.29, 0.717) is 18.0 Å². The fourth-order valence-electron chi connectivity index (χ4n) is 3.41. The number of methoxy groups -OCH3 is 1. The highest BCUT2D eigenvalue weighted by Crippen LogP contribution is 2.31. The number of halogens is 1. The first kappa shape index (κ1) is 18.9. The summed E-state index contributed by atoms with van der Waals surface area (Å²) in [6, 6.07) is 8.39. The number of hydrogen-bond acceptors (Lipinski definition) is 6. The largest absolute Gasteiger partial charge is 0.496 e. The molecule has 148 valence electrons. The molecule has 2 aromatic heterocycles. The first-order valence-corrected chi connectivity index (χ1v) is 10.4. The molecule has 0 atom stereocenters. The van der Waals surface area contributed by atoms with E-state index in [9.17, 15) is 4.39 Å². The van der Waals surface area contributed by atoms with Gasteiger partial charge >= 0.3 is 0 Å². The van der Waals surface area contributed by atoms with Crippen molar-refractivity contribution in [2.75, 3.05) is 25.1 Å². The van der Waals surface area contributed by atoms with Crippen molar-refractivity contribution in [1.82, 2.24) is 14.8 Å². The van der Waals surface area contributed by atoms with Gasteiger partial charge in [-0.15, -0.1) is 10.2 Å². The normalized spacial score (nSPS) is 14.4. The average Bonchev–Trinajstić information content (AvgIpc) is 3.38. The zero-order valence-electron chi connectivity index (χ0n) is 15.8. The highest BCUT2D eigenvalue weighted by molar-refractivity contribution is 7.98. The first-order chi connectivity index (χ1) is 13.7.